The van der Waals surface area contributed by atoms with Gasteiger partial charge in [-0.2, -0.15) is 0 Å². The van der Waals surface area contributed by atoms with Crippen LogP contribution in [0.4, 0.5) is 0 Å². The molecule has 1 unspecified atom stereocenters. The Labute approximate surface area is 67.7 Å². The van der Waals surface area contributed by atoms with Crippen LogP contribution in [0.25, 0.3) is 0 Å². The summed E-state index contributed by atoms with van der Waals surface area (Å²) < 4.78 is 0. The third-order valence-corrected chi connectivity index (χ3v) is 2.60. The Balaban J connectivity index is 1.82. The number of nitrogens with one attached hydrogen (secondary N) is 1. The van der Waals surface area contributed by atoms with E-state index in [0.29, 0.717) is 6.04 Å². The van der Waals surface area contributed by atoms with Gasteiger partial charge in [-0.3, -0.25) is 4.90 Å². The molecule has 2 aliphatic heterocycles. The van der Waals surface area contributed by atoms with Gasteiger partial charge in [-0.1, -0.05) is 6.42 Å². The lowest BCUT2D eigenvalue weighted by Gasteiger charge is -2.30. The zero-order valence-electron chi connectivity index (χ0n) is 6.88. The van der Waals surface area contributed by atoms with Gasteiger partial charge in [0.25, 0.3) is 0 Å². The van der Waals surface area contributed by atoms with Gasteiger partial charge in [0, 0.05) is 12.6 Å². The Morgan fingerprint density at radius 2 is 2.00 bits per heavy atom. The van der Waals surface area contributed by atoms with Crippen molar-refractivity contribution in [2.75, 3.05) is 26.2 Å². The molecule has 2 rings (SSSR count). The second kappa shape index (κ2) is 3.52. The van der Waals surface area contributed by atoms with E-state index in [-0.39, 0.29) is 0 Å². The van der Waals surface area contributed by atoms with Crippen LogP contribution in [0.15, 0.2) is 0 Å². The minimum Gasteiger partial charge on any atom is -0.300 e. The Morgan fingerprint density at radius 1 is 1.18 bits per heavy atom. The molecule has 1 atom stereocenters. The number of piperidine rings is 1. The number of hydrogen-bond acceptors (Lipinski definition) is 3. The van der Waals surface area contributed by atoms with Crippen LogP contribution in [0.3, 0.4) is 0 Å². The first kappa shape index (κ1) is 7.53. The van der Waals surface area contributed by atoms with Crippen LogP contribution >= 0.6 is 0 Å². The number of hydroxylamine groups is 1. The average Bonchev–Trinajstić information content (AvgIpc) is 2.58. The Kier molecular flexibility index (Phi) is 2.41. The summed E-state index contributed by atoms with van der Waals surface area (Å²) in [5, 5.41) is 0. The van der Waals surface area contributed by atoms with Crippen molar-refractivity contribution in [2.45, 2.75) is 25.3 Å². The monoisotopic (exact) mass is 156 g/mol. The first-order valence-corrected chi connectivity index (χ1v) is 4.55. The molecular weight excluding hydrogens is 140 g/mol. The van der Waals surface area contributed by atoms with E-state index in [1.54, 1.807) is 0 Å². The smallest absolute Gasteiger partial charge is 0.0850 e. The lowest BCUT2D eigenvalue weighted by Crippen LogP contribution is -2.41. The standard InChI is InChI=1S/C8H16N2O/c1-2-4-10(5-3-1)8-6-9-11-7-8/h8-9H,1-7H2. The van der Waals surface area contributed by atoms with Crippen LogP contribution in [0.1, 0.15) is 19.3 Å². The summed E-state index contributed by atoms with van der Waals surface area (Å²) in [4.78, 5) is 7.66. The maximum Gasteiger partial charge on any atom is 0.0850 e. The topological polar surface area (TPSA) is 24.5 Å². The minimum absolute atomic E-state index is 0.648. The molecule has 3 nitrogen and oxygen atoms in total. The lowest BCUT2D eigenvalue weighted by atomic mass is 10.1. The average molecular weight is 156 g/mol. The molecule has 0 aromatic heterocycles. The molecule has 3 heteroatoms. The van der Waals surface area contributed by atoms with E-state index >= 15 is 0 Å². The van der Waals surface area contributed by atoms with Crippen LogP contribution in [0, 0.1) is 0 Å². The number of rotatable bonds is 1. The fourth-order valence-corrected chi connectivity index (χ4v) is 1.89. The molecule has 2 heterocycles. The normalized spacial score (nSPS) is 34.4. The van der Waals surface area contributed by atoms with Gasteiger partial charge in [-0.25, -0.2) is 5.48 Å². The Hall–Kier alpha value is -0.120. The maximum atomic E-state index is 5.12. The molecule has 0 radical (unpaired) electrons. The molecular formula is C8H16N2O. The highest BCUT2D eigenvalue weighted by Crippen LogP contribution is 2.13. The van der Waals surface area contributed by atoms with Crippen LogP contribution in [-0.2, 0) is 4.84 Å². The summed E-state index contributed by atoms with van der Waals surface area (Å²) in [6.45, 7) is 4.44. The van der Waals surface area contributed by atoms with Gasteiger partial charge >= 0.3 is 0 Å². The van der Waals surface area contributed by atoms with Gasteiger partial charge in [0.15, 0.2) is 0 Å². The van der Waals surface area contributed by atoms with Crippen LogP contribution in [0.2, 0.25) is 0 Å². The van der Waals surface area contributed by atoms with E-state index in [9.17, 15) is 0 Å². The van der Waals surface area contributed by atoms with Gasteiger partial charge in [0.2, 0.25) is 0 Å². The van der Waals surface area contributed by atoms with Gasteiger partial charge < -0.3 is 4.84 Å². The zero-order chi connectivity index (χ0) is 7.52. The summed E-state index contributed by atoms with van der Waals surface area (Å²) >= 11 is 0. The van der Waals surface area contributed by atoms with Crippen molar-refractivity contribution in [3.8, 4) is 0 Å². The van der Waals surface area contributed by atoms with Crippen molar-refractivity contribution in [1.29, 1.82) is 0 Å². The molecule has 0 aromatic carbocycles. The van der Waals surface area contributed by atoms with E-state index in [2.05, 4.69) is 10.4 Å². The quantitative estimate of drug-likeness (QED) is 0.594. The van der Waals surface area contributed by atoms with Crippen molar-refractivity contribution in [3.63, 3.8) is 0 Å². The SMILES string of the molecule is C1CCN(C2CNOC2)CC1. The minimum atomic E-state index is 0.648. The largest absolute Gasteiger partial charge is 0.300 e. The van der Waals surface area contributed by atoms with E-state index in [4.69, 9.17) is 4.84 Å². The fourth-order valence-electron chi connectivity index (χ4n) is 1.89. The Morgan fingerprint density at radius 3 is 2.64 bits per heavy atom. The highest BCUT2D eigenvalue weighted by molar-refractivity contribution is 4.77. The van der Waals surface area contributed by atoms with Crippen molar-refractivity contribution in [1.82, 2.24) is 10.4 Å². The second-order valence-corrected chi connectivity index (χ2v) is 3.41. The fraction of sp³-hybridized carbons (Fsp3) is 1.00. The third kappa shape index (κ3) is 1.72. The highest BCUT2D eigenvalue weighted by atomic mass is 16.7. The molecule has 1 N–H and O–H groups in total. The van der Waals surface area contributed by atoms with Crippen molar-refractivity contribution >= 4 is 0 Å². The molecule has 2 saturated heterocycles. The molecule has 11 heavy (non-hydrogen) atoms. The van der Waals surface area contributed by atoms with E-state index in [0.717, 1.165) is 13.2 Å². The Bertz CT molecular complexity index is 117. The summed E-state index contributed by atoms with van der Waals surface area (Å²) in [7, 11) is 0. The van der Waals surface area contributed by atoms with Gasteiger partial charge in [0.1, 0.15) is 0 Å². The summed E-state index contributed by atoms with van der Waals surface area (Å²) in [6, 6.07) is 0.648. The van der Waals surface area contributed by atoms with Gasteiger partial charge in [-0.05, 0) is 25.9 Å². The summed E-state index contributed by atoms with van der Waals surface area (Å²) in [6.07, 6.45) is 4.16. The summed E-state index contributed by atoms with van der Waals surface area (Å²) in [5.74, 6) is 0. The molecule has 64 valence electrons. The molecule has 2 aliphatic rings. The molecule has 0 spiro atoms. The van der Waals surface area contributed by atoms with E-state index in [1.165, 1.54) is 32.4 Å². The van der Waals surface area contributed by atoms with Crippen molar-refractivity contribution in [2.24, 2.45) is 0 Å². The molecule has 0 bridgehead atoms. The van der Waals surface area contributed by atoms with Crippen molar-refractivity contribution < 1.29 is 4.84 Å². The highest BCUT2D eigenvalue weighted by Gasteiger charge is 2.23. The predicted octanol–water partition coefficient (Wildman–Crippen LogP) is 0.376. The first-order chi connectivity index (χ1) is 5.47. The van der Waals surface area contributed by atoms with Crippen LogP contribution < -0.4 is 5.48 Å². The number of nitrogens with zero attached hydrogens (tertiary/aromatic N) is 1. The molecule has 2 fully saturated rings. The van der Waals surface area contributed by atoms with E-state index in [1.807, 2.05) is 0 Å². The van der Waals surface area contributed by atoms with Gasteiger partial charge in [-0.15, -0.1) is 0 Å². The summed E-state index contributed by atoms with van der Waals surface area (Å²) in [5.41, 5.74) is 2.93. The lowest BCUT2D eigenvalue weighted by molar-refractivity contribution is 0.0828. The molecule has 0 amide bonds. The zero-order valence-corrected chi connectivity index (χ0v) is 6.88. The second-order valence-electron chi connectivity index (χ2n) is 3.41. The molecule has 0 aromatic rings. The first-order valence-electron chi connectivity index (χ1n) is 4.55. The van der Waals surface area contributed by atoms with E-state index < -0.39 is 0 Å². The van der Waals surface area contributed by atoms with Gasteiger partial charge in [0.05, 0.1) is 6.61 Å². The molecule has 0 saturated carbocycles. The van der Waals surface area contributed by atoms with Crippen LogP contribution in [-0.4, -0.2) is 37.2 Å². The van der Waals surface area contributed by atoms with Crippen molar-refractivity contribution in [3.05, 3.63) is 0 Å². The third-order valence-electron chi connectivity index (χ3n) is 2.60. The predicted molar refractivity (Wildman–Crippen MR) is 43.2 cm³/mol. The maximum absolute atomic E-state index is 5.12. The number of hydrogen-bond donors (Lipinski definition) is 1. The molecule has 0 aliphatic carbocycles. The number of likely N-dealkylation sites (tertiary alicyclic amines) is 1. The van der Waals surface area contributed by atoms with Crippen LogP contribution in [0.5, 0.6) is 0 Å².